The molecular weight excluding hydrogens is 424 g/mol. The van der Waals surface area contributed by atoms with Crippen molar-refractivity contribution >= 4 is 17.7 Å². The van der Waals surface area contributed by atoms with Crippen molar-refractivity contribution in [2.75, 3.05) is 24.5 Å². The van der Waals surface area contributed by atoms with Crippen molar-refractivity contribution in [3.05, 3.63) is 46.5 Å². The Kier molecular flexibility index (Phi) is 5.13. The molecule has 9 nitrogen and oxygen atoms in total. The molecule has 2 aliphatic heterocycles. The molecule has 1 atom stereocenters. The second-order valence-electron chi connectivity index (χ2n) is 9.57. The van der Waals surface area contributed by atoms with Crippen LogP contribution in [0.1, 0.15) is 65.3 Å². The van der Waals surface area contributed by atoms with E-state index in [1.54, 1.807) is 0 Å². The number of hydrogen-bond acceptors (Lipinski definition) is 7. The van der Waals surface area contributed by atoms with Gasteiger partial charge in [0.2, 0.25) is 0 Å². The number of carbonyl (C=O) groups excluding carboxylic acids is 1. The fourth-order valence-electron chi connectivity index (χ4n) is 4.80. The lowest BCUT2D eigenvalue weighted by atomic mass is 9.87. The highest BCUT2D eigenvalue weighted by atomic mass is 16.5. The van der Waals surface area contributed by atoms with Gasteiger partial charge in [-0.2, -0.15) is 5.26 Å². The molecule has 1 unspecified atom stereocenters. The average molecular weight is 450 g/mol. The minimum Gasteiger partial charge on any atom is -0.480 e. The van der Waals surface area contributed by atoms with Crippen LogP contribution < -0.4 is 4.90 Å². The van der Waals surface area contributed by atoms with E-state index in [9.17, 15) is 20.0 Å². The van der Waals surface area contributed by atoms with Gasteiger partial charge < -0.3 is 24.1 Å². The van der Waals surface area contributed by atoms with Gasteiger partial charge in [-0.3, -0.25) is 4.79 Å². The molecule has 33 heavy (non-hydrogen) atoms. The largest absolute Gasteiger partial charge is 0.480 e. The van der Waals surface area contributed by atoms with Gasteiger partial charge in [-0.05, 0) is 38.3 Å². The third kappa shape index (κ3) is 3.85. The number of anilines is 1. The smallest absolute Gasteiger partial charge is 0.328 e. The number of furan rings is 1. The highest BCUT2D eigenvalue weighted by Gasteiger charge is 2.40. The summed E-state index contributed by atoms with van der Waals surface area (Å²) in [4.78, 5) is 33.1. The summed E-state index contributed by atoms with van der Waals surface area (Å²) in [5.41, 5.74) is 3.36. The van der Waals surface area contributed by atoms with Crippen molar-refractivity contribution in [1.82, 2.24) is 9.88 Å². The number of rotatable bonds is 4. The Hall–Kier alpha value is -3.38. The molecule has 2 aromatic rings. The summed E-state index contributed by atoms with van der Waals surface area (Å²) >= 11 is 0. The summed E-state index contributed by atoms with van der Waals surface area (Å²) in [5.74, 6) is -0.593. The molecule has 1 aliphatic carbocycles. The number of fused-ring (bicyclic) bond motifs is 1. The highest BCUT2D eigenvalue weighted by molar-refractivity contribution is 5.96. The molecule has 1 N–H and O–H groups in total. The van der Waals surface area contributed by atoms with Crippen molar-refractivity contribution in [3.8, 4) is 6.07 Å². The van der Waals surface area contributed by atoms with Gasteiger partial charge in [-0.15, -0.1) is 0 Å². The van der Waals surface area contributed by atoms with Gasteiger partial charge in [-0.25, -0.2) is 9.78 Å². The van der Waals surface area contributed by atoms with Crippen molar-refractivity contribution in [2.24, 2.45) is 0 Å². The summed E-state index contributed by atoms with van der Waals surface area (Å²) in [6.45, 7) is 5.10. The van der Waals surface area contributed by atoms with Crippen molar-refractivity contribution in [2.45, 2.75) is 57.3 Å². The number of ether oxygens (including phenoxy) is 1. The number of amides is 1. The number of piperazine rings is 1. The van der Waals surface area contributed by atoms with Crippen LogP contribution in [-0.2, 0) is 22.6 Å². The predicted octanol–water partition coefficient (Wildman–Crippen LogP) is 2.69. The monoisotopic (exact) mass is 450 g/mol. The van der Waals surface area contributed by atoms with Crippen LogP contribution in [0.5, 0.6) is 0 Å². The Morgan fingerprint density at radius 1 is 1.27 bits per heavy atom. The van der Waals surface area contributed by atoms with Crippen LogP contribution in [0.4, 0.5) is 5.82 Å². The number of nitrogens with zero attached hydrogens (tertiary/aromatic N) is 4. The van der Waals surface area contributed by atoms with Gasteiger partial charge in [-0.1, -0.05) is 0 Å². The number of pyridine rings is 1. The van der Waals surface area contributed by atoms with Crippen molar-refractivity contribution < 1.29 is 23.8 Å². The van der Waals surface area contributed by atoms with Crippen molar-refractivity contribution in [1.29, 1.82) is 5.26 Å². The van der Waals surface area contributed by atoms with E-state index in [1.165, 1.54) is 23.5 Å². The third-order valence-electron chi connectivity index (χ3n) is 6.70. The second-order valence-corrected chi connectivity index (χ2v) is 9.57. The number of carboxylic acid groups (broad SMARTS) is 1. The van der Waals surface area contributed by atoms with Gasteiger partial charge >= 0.3 is 5.97 Å². The van der Waals surface area contributed by atoms with E-state index in [1.807, 2.05) is 18.7 Å². The topological polar surface area (TPSA) is 120 Å². The zero-order valence-electron chi connectivity index (χ0n) is 18.7. The van der Waals surface area contributed by atoms with Crippen LogP contribution in [0.15, 0.2) is 23.0 Å². The molecule has 1 amide bonds. The van der Waals surface area contributed by atoms with E-state index < -0.39 is 17.6 Å². The van der Waals surface area contributed by atoms with Crippen LogP contribution in [0.25, 0.3) is 0 Å². The van der Waals surface area contributed by atoms with Gasteiger partial charge in [0.15, 0.2) is 0 Å². The molecule has 1 saturated heterocycles. The molecule has 0 radical (unpaired) electrons. The summed E-state index contributed by atoms with van der Waals surface area (Å²) < 4.78 is 11.0. The number of aliphatic carboxylic acids is 1. The van der Waals surface area contributed by atoms with Gasteiger partial charge in [0, 0.05) is 31.0 Å². The first-order valence-electron chi connectivity index (χ1n) is 11.2. The van der Waals surface area contributed by atoms with E-state index >= 15 is 0 Å². The maximum absolute atomic E-state index is 12.9. The first-order chi connectivity index (χ1) is 15.8. The van der Waals surface area contributed by atoms with Gasteiger partial charge in [0.1, 0.15) is 24.2 Å². The molecule has 2 aromatic heterocycles. The molecule has 3 aliphatic rings. The first kappa shape index (κ1) is 21.5. The maximum Gasteiger partial charge on any atom is 0.328 e. The predicted molar refractivity (Wildman–Crippen MR) is 117 cm³/mol. The molecule has 2 fully saturated rings. The van der Waals surface area contributed by atoms with E-state index in [-0.39, 0.29) is 19.0 Å². The van der Waals surface area contributed by atoms with Gasteiger partial charge in [0.25, 0.3) is 5.91 Å². The van der Waals surface area contributed by atoms with E-state index in [0.717, 1.165) is 29.7 Å². The first-order valence-corrected chi connectivity index (χ1v) is 11.2. The molecule has 0 bridgehead atoms. The normalized spacial score (nSPS) is 21.9. The molecule has 0 aromatic carbocycles. The van der Waals surface area contributed by atoms with Gasteiger partial charge in [0.05, 0.1) is 41.8 Å². The SMILES string of the molecule is CC1(C)Cc2c(C#N)c(N3CCN(C(=O)c4ccoc4)C(C(=O)O)C3)nc(C3CC3)c2CO1. The lowest BCUT2D eigenvalue weighted by Crippen LogP contribution is -2.58. The summed E-state index contributed by atoms with van der Waals surface area (Å²) in [5, 5.41) is 20.0. The Morgan fingerprint density at radius 3 is 2.70 bits per heavy atom. The molecule has 1 saturated carbocycles. The Bertz CT molecular complexity index is 1150. The fraction of sp³-hybridized carbons (Fsp3) is 0.500. The minimum absolute atomic E-state index is 0.0589. The van der Waals surface area contributed by atoms with Crippen LogP contribution >= 0.6 is 0 Å². The van der Waals surface area contributed by atoms with Crippen molar-refractivity contribution in [3.63, 3.8) is 0 Å². The molecule has 4 heterocycles. The standard InChI is InChI=1S/C24H26N4O5/c1-24(2)9-16-17(10-25)21(26-20(14-3-4-14)18(16)13-33-24)27-6-7-28(19(11-27)23(30)31)22(29)15-5-8-32-12-15/h5,8,12,14,19H,3-4,6-7,9,11,13H2,1-2H3,(H,30,31). The fourth-order valence-corrected chi connectivity index (χ4v) is 4.80. The van der Waals surface area contributed by atoms with E-state index in [2.05, 4.69) is 6.07 Å². The Labute approximate surface area is 191 Å². The van der Waals surface area contributed by atoms with E-state index in [4.69, 9.17) is 14.1 Å². The van der Waals surface area contributed by atoms with Crippen LogP contribution in [-0.4, -0.2) is 58.1 Å². The Morgan fingerprint density at radius 2 is 2.06 bits per heavy atom. The number of hydrogen-bond donors (Lipinski definition) is 1. The molecule has 172 valence electrons. The summed E-state index contributed by atoms with van der Waals surface area (Å²) in [6, 6.07) is 2.81. The summed E-state index contributed by atoms with van der Waals surface area (Å²) in [6.07, 6.45) is 5.41. The molecular formula is C24H26N4O5. The quantitative estimate of drug-likeness (QED) is 0.755. The zero-order chi connectivity index (χ0) is 23.3. The maximum atomic E-state index is 12.9. The average Bonchev–Trinajstić information content (AvgIpc) is 3.49. The number of carbonyl (C=O) groups is 2. The van der Waals surface area contributed by atoms with Crippen LogP contribution in [0, 0.1) is 11.3 Å². The van der Waals surface area contributed by atoms with Crippen LogP contribution in [0.2, 0.25) is 0 Å². The molecule has 5 rings (SSSR count). The molecule has 0 spiro atoms. The lowest BCUT2D eigenvalue weighted by Gasteiger charge is -2.41. The third-order valence-corrected chi connectivity index (χ3v) is 6.70. The Balaban J connectivity index is 1.52. The number of aromatic nitrogens is 1. The highest BCUT2D eigenvalue weighted by Crippen LogP contribution is 2.45. The van der Waals surface area contributed by atoms with E-state index in [0.29, 0.717) is 42.4 Å². The zero-order valence-corrected chi connectivity index (χ0v) is 18.7. The number of nitriles is 1. The van der Waals surface area contributed by atoms with Crippen LogP contribution in [0.3, 0.4) is 0 Å². The number of carboxylic acids is 1. The second kappa shape index (κ2) is 7.89. The minimum atomic E-state index is -1.09. The summed E-state index contributed by atoms with van der Waals surface area (Å²) in [7, 11) is 0. The lowest BCUT2D eigenvalue weighted by molar-refractivity contribution is -0.142. The molecule has 9 heteroatoms.